The van der Waals surface area contributed by atoms with Gasteiger partial charge in [-0.15, -0.1) is 0 Å². The number of aromatic nitrogens is 4. The molecule has 0 saturated heterocycles. The average Bonchev–Trinajstić information content (AvgIpc) is 3.32. The molecule has 0 amide bonds. The summed E-state index contributed by atoms with van der Waals surface area (Å²) in [5.74, 6) is -0.697. The Kier molecular flexibility index (Phi) is 4.52. The molecule has 0 aliphatic carbocycles. The maximum Gasteiger partial charge on any atom is 0.229 e. The highest BCUT2D eigenvalue weighted by atomic mass is 19.1. The van der Waals surface area contributed by atoms with Gasteiger partial charge in [0.15, 0.2) is 0 Å². The van der Waals surface area contributed by atoms with Crippen LogP contribution in [0.4, 0.5) is 4.39 Å². The molecule has 0 saturated carbocycles. The third kappa shape index (κ3) is 3.03. The smallest absolute Gasteiger partial charge is 0.229 e. The Morgan fingerprint density at radius 2 is 1.88 bits per heavy atom. The van der Waals surface area contributed by atoms with Crippen molar-refractivity contribution in [1.29, 1.82) is 5.26 Å². The van der Waals surface area contributed by atoms with Gasteiger partial charge in [0, 0.05) is 7.05 Å². The van der Waals surface area contributed by atoms with Gasteiger partial charge in [-0.3, -0.25) is 4.68 Å². The zero-order chi connectivity index (χ0) is 22.4. The molecule has 0 radical (unpaired) electrons. The Morgan fingerprint density at radius 1 is 1.09 bits per heavy atom. The van der Waals surface area contributed by atoms with Crippen LogP contribution in [0.25, 0.3) is 17.1 Å². The van der Waals surface area contributed by atoms with Crippen LogP contribution in [0.15, 0.2) is 72.1 Å². The van der Waals surface area contributed by atoms with Crippen LogP contribution >= 0.6 is 0 Å². The van der Waals surface area contributed by atoms with Gasteiger partial charge in [0.25, 0.3) is 0 Å². The Morgan fingerprint density at radius 3 is 2.53 bits per heavy atom. The largest absolute Gasteiger partial charge is 0.422 e. The number of hydrogen-bond donors (Lipinski definition) is 1. The number of allylic oxidation sites excluding steroid dienone is 1. The summed E-state index contributed by atoms with van der Waals surface area (Å²) < 4.78 is 23.5. The van der Waals surface area contributed by atoms with Crippen molar-refractivity contribution in [3.05, 3.63) is 94.8 Å². The van der Waals surface area contributed by atoms with E-state index in [1.54, 1.807) is 21.5 Å². The fourth-order valence-corrected chi connectivity index (χ4v) is 4.12. The number of nitrogens with two attached hydrogens (primary N) is 1. The van der Waals surface area contributed by atoms with Gasteiger partial charge in [0.1, 0.15) is 23.2 Å². The van der Waals surface area contributed by atoms with E-state index in [9.17, 15) is 9.65 Å². The maximum atomic E-state index is 14.2. The Labute approximate surface area is 183 Å². The van der Waals surface area contributed by atoms with Crippen molar-refractivity contribution in [2.24, 2.45) is 12.8 Å². The number of benzene rings is 2. The number of rotatable bonds is 3. The number of nitriles is 1. The van der Waals surface area contributed by atoms with Crippen molar-refractivity contribution in [2.75, 3.05) is 0 Å². The summed E-state index contributed by atoms with van der Waals surface area (Å²) in [5, 5.41) is 19.2. The molecule has 2 aromatic heterocycles. The molecular formula is C24H19FN6O. The highest BCUT2D eigenvalue weighted by Gasteiger charge is 2.38. The normalized spacial score (nSPS) is 15.2. The van der Waals surface area contributed by atoms with Crippen molar-refractivity contribution in [1.82, 2.24) is 19.6 Å². The molecule has 7 nitrogen and oxygen atoms in total. The van der Waals surface area contributed by atoms with E-state index < -0.39 is 11.7 Å². The first-order valence-electron chi connectivity index (χ1n) is 10.0. The van der Waals surface area contributed by atoms with Gasteiger partial charge >= 0.3 is 0 Å². The molecule has 158 valence electrons. The SMILES string of the molecule is Cc1cc(-c2nn(-c3ccccc3)c3c2C(c2cccc(F)c2)C(C#N)=C(N)O3)n(C)n1. The lowest BCUT2D eigenvalue weighted by Gasteiger charge is -2.25. The highest BCUT2D eigenvalue weighted by molar-refractivity contribution is 5.70. The second kappa shape index (κ2) is 7.39. The molecule has 3 heterocycles. The van der Waals surface area contributed by atoms with E-state index in [-0.39, 0.29) is 11.5 Å². The molecule has 1 aliphatic heterocycles. The first-order valence-corrected chi connectivity index (χ1v) is 10.0. The lowest BCUT2D eigenvalue weighted by atomic mass is 9.83. The fourth-order valence-electron chi connectivity index (χ4n) is 4.12. The molecule has 1 unspecified atom stereocenters. The van der Waals surface area contributed by atoms with Gasteiger partial charge in [0.05, 0.1) is 28.6 Å². The van der Waals surface area contributed by atoms with Crippen LogP contribution in [0.1, 0.15) is 22.7 Å². The van der Waals surface area contributed by atoms with Crippen molar-refractivity contribution in [2.45, 2.75) is 12.8 Å². The van der Waals surface area contributed by atoms with Crippen LogP contribution in [0.5, 0.6) is 5.88 Å². The molecule has 1 aliphatic rings. The third-order valence-electron chi connectivity index (χ3n) is 5.48. The molecular weight excluding hydrogens is 407 g/mol. The number of nitrogens with zero attached hydrogens (tertiary/aromatic N) is 5. The number of fused-ring (bicyclic) bond motifs is 1. The minimum absolute atomic E-state index is 0.0286. The molecule has 5 rings (SSSR count). The second-order valence-corrected chi connectivity index (χ2v) is 7.59. The van der Waals surface area contributed by atoms with Crippen LogP contribution < -0.4 is 10.5 Å². The summed E-state index contributed by atoms with van der Waals surface area (Å²) >= 11 is 0. The molecule has 32 heavy (non-hydrogen) atoms. The zero-order valence-corrected chi connectivity index (χ0v) is 17.5. The van der Waals surface area contributed by atoms with E-state index in [1.807, 2.05) is 50.4 Å². The minimum Gasteiger partial charge on any atom is -0.422 e. The molecule has 4 aromatic rings. The number of aryl methyl sites for hydroxylation is 2. The molecule has 0 spiro atoms. The van der Waals surface area contributed by atoms with Gasteiger partial charge in [-0.2, -0.15) is 20.1 Å². The summed E-state index contributed by atoms with van der Waals surface area (Å²) in [5.41, 5.74) is 10.5. The number of halogens is 1. The average molecular weight is 426 g/mol. The first-order chi connectivity index (χ1) is 15.5. The Hall–Kier alpha value is -4.38. The van der Waals surface area contributed by atoms with E-state index in [4.69, 9.17) is 15.6 Å². The number of para-hydroxylation sites is 1. The highest BCUT2D eigenvalue weighted by Crippen LogP contribution is 2.47. The quantitative estimate of drug-likeness (QED) is 0.535. The lowest BCUT2D eigenvalue weighted by molar-refractivity contribution is 0.367. The second-order valence-electron chi connectivity index (χ2n) is 7.59. The molecule has 8 heteroatoms. The fraction of sp³-hybridized carbons (Fsp3) is 0.125. The van der Waals surface area contributed by atoms with Crippen LogP contribution in [0, 0.1) is 24.1 Å². The molecule has 2 aromatic carbocycles. The molecule has 2 N–H and O–H groups in total. The van der Waals surface area contributed by atoms with Crippen LogP contribution in [-0.4, -0.2) is 19.6 Å². The topological polar surface area (TPSA) is 94.7 Å². The van der Waals surface area contributed by atoms with Gasteiger partial charge in [-0.1, -0.05) is 30.3 Å². The third-order valence-corrected chi connectivity index (χ3v) is 5.48. The molecule has 0 bridgehead atoms. The van der Waals surface area contributed by atoms with E-state index in [2.05, 4.69) is 11.2 Å². The van der Waals surface area contributed by atoms with Gasteiger partial charge in [-0.05, 0) is 42.8 Å². The summed E-state index contributed by atoms with van der Waals surface area (Å²) in [6.07, 6.45) is 0. The standard InChI is InChI=1S/C24H19FN6O/c1-14-11-19(30(2)28-14)22-21-20(15-7-6-8-16(25)12-15)18(13-26)23(27)32-24(21)31(29-22)17-9-4-3-5-10-17/h3-12,20H,27H2,1-2H3. The van der Waals surface area contributed by atoms with Crippen LogP contribution in [-0.2, 0) is 7.05 Å². The maximum absolute atomic E-state index is 14.2. The van der Waals surface area contributed by atoms with Crippen molar-refractivity contribution in [3.8, 4) is 29.0 Å². The summed E-state index contributed by atoms with van der Waals surface area (Å²) in [6, 6.07) is 19.7. The first kappa shape index (κ1) is 19.6. The van der Waals surface area contributed by atoms with E-state index in [1.165, 1.54) is 12.1 Å². The minimum atomic E-state index is -0.651. The van der Waals surface area contributed by atoms with E-state index in [0.717, 1.165) is 17.1 Å². The van der Waals surface area contributed by atoms with E-state index in [0.29, 0.717) is 22.7 Å². The molecule has 0 fully saturated rings. The lowest BCUT2D eigenvalue weighted by Crippen LogP contribution is -2.22. The van der Waals surface area contributed by atoms with Gasteiger partial charge < -0.3 is 10.5 Å². The predicted molar refractivity (Wildman–Crippen MR) is 116 cm³/mol. The Bertz CT molecular complexity index is 1410. The number of hydrogen-bond acceptors (Lipinski definition) is 5. The predicted octanol–water partition coefficient (Wildman–Crippen LogP) is 3.94. The van der Waals surface area contributed by atoms with Crippen molar-refractivity contribution >= 4 is 0 Å². The van der Waals surface area contributed by atoms with Gasteiger partial charge in [-0.25, -0.2) is 4.39 Å². The molecule has 1 atom stereocenters. The van der Waals surface area contributed by atoms with Crippen molar-refractivity contribution < 1.29 is 9.13 Å². The summed E-state index contributed by atoms with van der Waals surface area (Å²) in [6.45, 7) is 1.89. The Balaban J connectivity index is 1.86. The summed E-state index contributed by atoms with van der Waals surface area (Å²) in [4.78, 5) is 0. The van der Waals surface area contributed by atoms with E-state index >= 15 is 0 Å². The van der Waals surface area contributed by atoms with Crippen molar-refractivity contribution in [3.63, 3.8) is 0 Å². The summed E-state index contributed by atoms with van der Waals surface area (Å²) in [7, 11) is 1.83. The van der Waals surface area contributed by atoms with Gasteiger partial charge in [0.2, 0.25) is 11.8 Å². The van der Waals surface area contributed by atoms with Crippen LogP contribution in [0.2, 0.25) is 0 Å². The van der Waals surface area contributed by atoms with Crippen LogP contribution in [0.3, 0.4) is 0 Å². The number of ether oxygens (including phenoxy) is 1. The monoisotopic (exact) mass is 426 g/mol. The zero-order valence-electron chi connectivity index (χ0n) is 17.5.